The molecule has 32 heavy (non-hydrogen) atoms. The minimum absolute atomic E-state index is 0.0176. The average molecular weight is 437 g/mol. The zero-order chi connectivity index (χ0) is 24.6. The van der Waals surface area contributed by atoms with Crippen LogP contribution in [-0.4, -0.2) is 0 Å². The number of rotatable bonds is 5. The number of hydrogen-bond acceptors (Lipinski definition) is 2. The van der Waals surface area contributed by atoms with Crippen molar-refractivity contribution >= 4 is 11.4 Å². The van der Waals surface area contributed by atoms with Crippen molar-refractivity contribution in [1.82, 2.24) is 0 Å². The van der Waals surface area contributed by atoms with Crippen LogP contribution in [-0.2, 0) is 16.2 Å². The van der Waals surface area contributed by atoms with Crippen LogP contribution in [0, 0.1) is 0 Å². The Morgan fingerprint density at radius 1 is 0.562 bits per heavy atom. The molecule has 2 aromatic carbocycles. The first-order chi connectivity index (χ1) is 14.4. The third-order valence-electron chi connectivity index (χ3n) is 6.31. The first kappa shape index (κ1) is 26.3. The van der Waals surface area contributed by atoms with Crippen molar-refractivity contribution in [1.29, 1.82) is 0 Å². The summed E-state index contributed by atoms with van der Waals surface area (Å²) in [5.41, 5.74) is 16.8. The highest BCUT2D eigenvalue weighted by atomic mass is 15.4. The van der Waals surface area contributed by atoms with Crippen LogP contribution in [0.5, 0.6) is 0 Å². The highest BCUT2D eigenvalue weighted by Crippen LogP contribution is 2.42. The summed E-state index contributed by atoms with van der Waals surface area (Å²) in [6.45, 7) is 29.9. The van der Waals surface area contributed by atoms with Crippen LogP contribution in [0.25, 0.3) is 0 Å². The molecule has 0 saturated heterocycles. The number of benzene rings is 2. The minimum Gasteiger partial charge on any atom is -0.300 e. The van der Waals surface area contributed by atoms with Crippen molar-refractivity contribution in [3.05, 3.63) is 58.1 Å². The van der Waals surface area contributed by atoms with Gasteiger partial charge in [0.2, 0.25) is 0 Å². The second-order valence-electron chi connectivity index (χ2n) is 13.1. The lowest BCUT2D eigenvalue weighted by atomic mass is 9.74. The molecule has 2 nitrogen and oxygen atoms in total. The van der Waals surface area contributed by atoms with Gasteiger partial charge in [-0.15, -0.1) is 0 Å². The van der Waals surface area contributed by atoms with E-state index in [1.165, 1.54) is 39.2 Å². The first-order valence-electron chi connectivity index (χ1n) is 12.3. The topological polar surface area (TPSA) is 24.1 Å². The Bertz CT molecular complexity index is 868. The van der Waals surface area contributed by atoms with Gasteiger partial charge in [0.1, 0.15) is 0 Å². The van der Waals surface area contributed by atoms with Gasteiger partial charge >= 0.3 is 0 Å². The quantitative estimate of drug-likeness (QED) is 0.456. The van der Waals surface area contributed by atoms with Gasteiger partial charge in [-0.2, -0.15) is 0 Å². The maximum Gasteiger partial charge on any atom is 0.0614 e. The second kappa shape index (κ2) is 9.12. The lowest BCUT2D eigenvalue weighted by Crippen LogP contribution is -2.26. The summed E-state index contributed by atoms with van der Waals surface area (Å²) in [5.74, 6) is 0.899. The highest BCUT2D eigenvalue weighted by molar-refractivity contribution is 5.69. The van der Waals surface area contributed by atoms with Crippen LogP contribution < -0.4 is 10.9 Å². The Labute approximate surface area is 198 Å². The summed E-state index contributed by atoms with van der Waals surface area (Å²) in [6, 6.07) is 11.5. The monoisotopic (exact) mass is 436 g/mol. The Morgan fingerprint density at radius 2 is 0.938 bits per heavy atom. The molecule has 2 N–H and O–H groups in total. The van der Waals surface area contributed by atoms with Gasteiger partial charge in [-0.25, -0.2) is 0 Å². The fraction of sp³-hybridized carbons (Fsp3) is 0.600. The molecule has 0 spiro atoms. The molecule has 2 rings (SSSR count). The van der Waals surface area contributed by atoms with Crippen molar-refractivity contribution in [2.24, 2.45) is 0 Å². The van der Waals surface area contributed by atoms with Gasteiger partial charge in [0.05, 0.1) is 11.4 Å². The Hall–Kier alpha value is -1.96. The number of hydrazine groups is 1. The normalized spacial score (nSPS) is 13.1. The summed E-state index contributed by atoms with van der Waals surface area (Å²) < 4.78 is 0. The number of nitrogens with one attached hydrogen (secondary N) is 2. The molecule has 0 aliphatic heterocycles. The molecule has 0 bridgehead atoms. The summed E-state index contributed by atoms with van der Waals surface area (Å²) in [4.78, 5) is 0. The first-order valence-corrected chi connectivity index (χ1v) is 12.3. The van der Waals surface area contributed by atoms with E-state index in [9.17, 15) is 0 Å². The van der Waals surface area contributed by atoms with Crippen LogP contribution in [0.15, 0.2) is 30.3 Å². The van der Waals surface area contributed by atoms with Gasteiger partial charge in [-0.05, 0) is 55.9 Å². The van der Waals surface area contributed by atoms with E-state index in [4.69, 9.17) is 0 Å². The van der Waals surface area contributed by atoms with Crippen LogP contribution in [0.3, 0.4) is 0 Å². The average Bonchev–Trinajstić information content (AvgIpc) is 2.62. The molecule has 0 amide bonds. The van der Waals surface area contributed by atoms with Gasteiger partial charge in [0.25, 0.3) is 0 Å². The number of anilines is 2. The predicted molar refractivity (Wildman–Crippen MR) is 144 cm³/mol. The van der Waals surface area contributed by atoms with Crippen LogP contribution in [0.4, 0.5) is 11.4 Å². The van der Waals surface area contributed by atoms with Gasteiger partial charge in [-0.1, -0.05) is 120 Å². The maximum atomic E-state index is 3.73. The maximum absolute atomic E-state index is 3.73. The van der Waals surface area contributed by atoms with E-state index in [0.717, 1.165) is 0 Å². The zero-order valence-electron chi connectivity index (χ0n) is 23.0. The van der Waals surface area contributed by atoms with Crippen molar-refractivity contribution in [3.63, 3.8) is 0 Å². The molecule has 2 heteroatoms. The molecule has 0 aromatic heterocycles. The third-order valence-corrected chi connectivity index (χ3v) is 6.31. The third kappa shape index (κ3) is 5.88. The highest BCUT2D eigenvalue weighted by Gasteiger charge is 2.29. The van der Waals surface area contributed by atoms with Crippen molar-refractivity contribution in [2.45, 2.75) is 118 Å². The van der Waals surface area contributed by atoms with E-state index < -0.39 is 0 Å². The predicted octanol–water partition coefficient (Wildman–Crippen LogP) is 9.26. The Kier molecular flexibility index (Phi) is 7.49. The number of hydrogen-bond donors (Lipinski definition) is 2. The summed E-state index contributed by atoms with van der Waals surface area (Å²) in [7, 11) is 0. The Balaban J connectivity index is 2.72. The van der Waals surface area contributed by atoms with Crippen molar-refractivity contribution in [2.75, 3.05) is 10.9 Å². The van der Waals surface area contributed by atoms with Crippen LogP contribution >= 0.6 is 0 Å². The summed E-state index contributed by atoms with van der Waals surface area (Å²) in [6.07, 6.45) is 0. The van der Waals surface area contributed by atoms with Gasteiger partial charge in [-0.3, -0.25) is 0 Å². The molecule has 178 valence electrons. The standard InChI is InChI=1S/C30H48N2/c1-19(2)22-15-14-16-23(20(3)4)26(22)31-32-27-24(29(8,9)10)17-21(28(5,6)7)18-25(27)30(11,12)13/h14-20,31-32H,1-13H3. The molecule has 0 fully saturated rings. The molecule has 0 saturated carbocycles. The molecule has 0 atom stereocenters. The lowest BCUT2D eigenvalue weighted by Gasteiger charge is -2.34. The zero-order valence-corrected chi connectivity index (χ0v) is 23.0. The smallest absolute Gasteiger partial charge is 0.0614 e. The second-order valence-corrected chi connectivity index (χ2v) is 13.1. The molecule has 0 heterocycles. The van der Waals surface area contributed by atoms with E-state index >= 15 is 0 Å². The summed E-state index contributed by atoms with van der Waals surface area (Å²) in [5, 5.41) is 0. The van der Waals surface area contributed by atoms with E-state index in [1.807, 2.05) is 0 Å². The molecule has 2 aromatic rings. The van der Waals surface area contributed by atoms with E-state index in [-0.39, 0.29) is 16.2 Å². The van der Waals surface area contributed by atoms with E-state index in [2.05, 4.69) is 131 Å². The largest absolute Gasteiger partial charge is 0.300 e. The minimum atomic E-state index is 0.0176. The van der Waals surface area contributed by atoms with Crippen LogP contribution in [0.1, 0.15) is 130 Å². The van der Waals surface area contributed by atoms with E-state index in [1.54, 1.807) is 0 Å². The lowest BCUT2D eigenvalue weighted by molar-refractivity contribution is 0.551. The fourth-order valence-electron chi connectivity index (χ4n) is 4.21. The molecular weight excluding hydrogens is 388 g/mol. The van der Waals surface area contributed by atoms with Crippen molar-refractivity contribution in [3.8, 4) is 0 Å². The number of para-hydroxylation sites is 1. The molecular formula is C30H48N2. The fourth-order valence-corrected chi connectivity index (χ4v) is 4.21. The molecule has 0 aliphatic carbocycles. The Morgan fingerprint density at radius 3 is 1.25 bits per heavy atom. The van der Waals surface area contributed by atoms with Gasteiger partial charge in [0, 0.05) is 0 Å². The molecule has 0 unspecified atom stereocenters. The molecule has 0 aliphatic rings. The van der Waals surface area contributed by atoms with Gasteiger partial charge < -0.3 is 10.9 Å². The van der Waals surface area contributed by atoms with E-state index in [0.29, 0.717) is 11.8 Å². The van der Waals surface area contributed by atoms with Gasteiger partial charge in [0.15, 0.2) is 0 Å². The van der Waals surface area contributed by atoms with Crippen molar-refractivity contribution < 1.29 is 0 Å². The summed E-state index contributed by atoms with van der Waals surface area (Å²) >= 11 is 0. The SMILES string of the molecule is CC(C)c1cccc(C(C)C)c1NNc1c(C(C)(C)C)cc(C(C)(C)C)cc1C(C)(C)C. The molecule has 0 radical (unpaired) electrons. The van der Waals surface area contributed by atoms with Crippen LogP contribution in [0.2, 0.25) is 0 Å².